The molecule has 0 amide bonds. The summed E-state index contributed by atoms with van der Waals surface area (Å²) in [4.78, 5) is 4.11. The number of benzene rings is 1. The van der Waals surface area contributed by atoms with Crippen LogP contribution in [-0.4, -0.2) is 19.2 Å². The molecule has 106 valence electrons. The van der Waals surface area contributed by atoms with E-state index in [9.17, 15) is 0 Å². The van der Waals surface area contributed by atoms with E-state index in [2.05, 4.69) is 10.3 Å². The molecular weight excluding hydrogens is 276 g/mol. The Hall–Kier alpha value is -1.94. The van der Waals surface area contributed by atoms with Gasteiger partial charge in [0.2, 0.25) is 0 Å². The van der Waals surface area contributed by atoms with Gasteiger partial charge in [0.15, 0.2) is 0 Å². The number of hydrogen-bond donors (Lipinski definition) is 1. The van der Waals surface area contributed by atoms with Crippen LogP contribution in [-0.2, 0) is 6.54 Å². The van der Waals surface area contributed by atoms with Crippen molar-refractivity contribution >= 4 is 17.3 Å². The fourth-order valence-electron chi connectivity index (χ4n) is 1.85. The van der Waals surface area contributed by atoms with Crippen LogP contribution in [0.5, 0.6) is 11.5 Å². The van der Waals surface area contributed by atoms with Gasteiger partial charge >= 0.3 is 0 Å². The highest BCUT2D eigenvalue weighted by Gasteiger charge is 2.05. The Morgan fingerprint density at radius 3 is 2.65 bits per heavy atom. The molecule has 1 aromatic heterocycles. The summed E-state index contributed by atoms with van der Waals surface area (Å²) >= 11 is 5.91. The van der Waals surface area contributed by atoms with Crippen LogP contribution in [0.15, 0.2) is 30.5 Å². The Balaban J connectivity index is 2.12. The molecule has 4 nitrogen and oxygen atoms in total. The highest BCUT2D eigenvalue weighted by molar-refractivity contribution is 6.30. The van der Waals surface area contributed by atoms with E-state index < -0.39 is 0 Å². The smallest absolute Gasteiger partial charge is 0.132 e. The van der Waals surface area contributed by atoms with Gasteiger partial charge in [0.1, 0.15) is 16.7 Å². The highest BCUT2D eigenvalue weighted by Crippen LogP contribution is 2.25. The minimum absolute atomic E-state index is 0.526. The number of rotatable bonds is 5. The first-order chi connectivity index (χ1) is 9.63. The Bertz CT molecular complexity index is 602. The van der Waals surface area contributed by atoms with Crippen molar-refractivity contribution in [3.05, 3.63) is 46.7 Å². The maximum atomic E-state index is 5.91. The van der Waals surface area contributed by atoms with Crippen LogP contribution in [0.4, 0.5) is 5.69 Å². The summed E-state index contributed by atoms with van der Waals surface area (Å²) in [6, 6.07) is 7.71. The van der Waals surface area contributed by atoms with E-state index in [1.54, 1.807) is 20.4 Å². The van der Waals surface area contributed by atoms with Gasteiger partial charge in [-0.25, -0.2) is 4.98 Å². The van der Waals surface area contributed by atoms with Crippen molar-refractivity contribution in [1.82, 2.24) is 4.98 Å². The SMILES string of the molecule is COc1ccc(CNc2cnc(Cl)c(C)c2)c(OC)c1. The zero-order valence-electron chi connectivity index (χ0n) is 11.7. The van der Waals surface area contributed by atoms with E-state index in [4.69, 9.17) is 21.1 Å². The van der Waals surface area contributed by atoms with E-state index >= 15 is 0 Å². The first-order valence-corrected chi connectivity index (χ1v) is 6.58. The second-order valence-corrected chi connectivity index (χ2v) is 4.72. The molecule has 20 heavy (non-hydrogen) atoms. The number of pyridine rings is 1. The summed E-state index contributed by atoms with van der Waals surface area (Å²) in [5, 5.41) is 3.82. The lowest BCUT2D eigenvalue weighted by Gasteiger charge is -2.12. The number of ether oxygens (including phenoxy) is 2. The van der Waals surface area contributed by atoms with Gasteiger partial charge < -0.3 is 14.8 Å². The lowest BCUT2D eigenvalue weighted by atomic mass is 10.2. The first-order valence-electron chi connectivity index (χ1n) is 6.21. The Kier molecular flexibility index (Phi) is 4.69. The summed E-state index contributed by atoms with van der Waals surface area (Å²) < 4.78 is 10.5. The molecule has 2 rings (SSSR count). The zero-order valence-corrected chi connectivity index (χ0v) is 12.5. The van der Waals surface area contributed by atoms with Gasteiger partial charge in [-0.05, 0) is 30.7 Å². The Labute approximate surface area is 123 Å². The Morgan fingerprint density at radius 2 is 2.00 bits per heavy atom. The third-order valence-electron chi connectivity index (χ3n) is 2.99. The van der Waals surface area contributed by atoms with Gasteiger partial charge in [0.25, 0.3) is 0 Å². The summed E-state index contributed by atoms with van der Waals surface area (Å²) in [6.07, 6.45) is 1.71. The quantitative estimate of drug-likeness (QED) is 0.854. The molecule has 0 aliphatic rings. The molecule has 2 aromatic rings. The minimum atomic E-state index is 0.526. The summed E-state index contributed by atoms with van der Waals surface area (Å²) in [7, 11) is 3.28. The maximum absolute atomic E-state index is 5.91. The second kappa shape index (κ2) is 6.48. The lowest BCUT2D eigenvalue weighted by Crippen LogP contribution is -2.02. The lowest BCUT2D eigenvalue weighted by molar-refractivity contribution is 0.391. The van der Waals surface area contributed by atoms with Crippen LogP contribution in [0.25, 0.3) is 0 Å². The number of aromatic nitrogens is 1. The van der Waals surface area contributed by atoms with Crippen LogP contribution in [0, 0.1) is 6.92 Å². The summed E-state index contributed by atoms with van der Waals surface area (Å²) in [6.45, 7) is 2.56. The molecule has 1 aromatic carbocycles. The van der Waals surface area contributed by atoms with Gasteiger partial charge in [-0.2, -0.15) is 0 Å². The average molecular weight is 293 g/mol. The van der Waals surface area contributed by atoms with Crippen LogP contribution in [0.1, 0.15) is 11.1 Å². The van der Waals surface area contributed by atoms with Crippen molar-refractivity contribution in [1.29, 1.82) is 0 Å². The number of anilines is 1. The molecular formula is C15H17ClN2O2. The van der Waals surface area contributed by atoms with E-state index in [0.717, 1.165) is 28.3 Å². The highest BCUT2D eigenvalue weighted by atomic mass is 35.5. The van der Waals surface area contributed by atoms with Gasteiger partial charge in [0.05, 0.1) is 26.1 Å². The molecule has 0 bridgehead atoms. The maximum Gasteiger partial charge on any atom is 0.132 e. The van der Waals surface area contributed by atoms with Crippen LogP contribution < -0.4 is 14.8 Å². The number of aryl methyl sites for hydroxylation is 1. The molecule has 0 unspecified atom stereocenters. The van der Waals surface area contributed by atoms with Crippen molar-refractivity contribution < 1.29 is 9.47 Å². The van der Waals surface area contributed by atoms with E-state index in [1.165, 1.54) is 0 Å². The summed E-state index contributed by atoms with van der Waals surface area (Å²) in [5.41, 5.74) is 2.91. The Morgan fingerprint density at radius 1 is 1.20 bits per heavy atom. The van der Waals surface area contributed by atoms with E-state index in [0.29, 0.717) is 11.7 Å². The van der Waals surface area contributed by atoms with Crippen molar-refractivity contribution in [2.24, 2.45) is 0 Å². The molecule has 0 fully saturated rings. The third-order valence-corrected chi connectivity index (χ3v) is 3.39. The molecule has 0 atom stereocenters. The monoisotopic (exact) mass is 292 g/mol. The molecule has 0 aliphatic carbocycles. The molecule has 1 N–H and O–H groups in total. The number of nitrogens with zero attached hydrogens (tertiary/aromatic N) is 1. The standard InChI is InChI=1S/C15H17ClN2O2/c1-10-6-12(9-18-15(10)16)17-8-11-4-5-13(19-2)7-14(11)20-3/h4-7,9,17H,8H2,1-3H3. The second-order valence-electron chi connectivity index (χ2n) is 4.36. The number of halogens is 1. The normalized spacial score (nSPS) is 10.2. The van der Waals surface area contributed by atoms with Crippen LogP contribution in [0.2, 0.25) is 5.15 Å². The first kappa shape index (κ1) is 14.5. The van der Waals surface area contributed by atoms with Crippen molar-refractivity contribution in [3.63, 3.8) is 0 Å². The molecule has 0 saturated carbocycles. The molecule has 0 aliphatic heterocycles. The predicted molar refractivity (Wildman–Crippen MR) is 80.9 cm³/mol. The van der Waals surface area contributed by atoms with Gasteiger partial charge in [-0.3, -0.25) is 0 Å². The van der Waals surface area contributed by atoms with Crippen molar-refractivity contribution in [3.8, 4) is 11.5 Å². The topological polar surface area (TPSA) is 43.4 Å². The number of nitrogens with one attached hydrogen (secondary N) is 1. The van der Waals surface area contributed by atoms with Crippen molar-refractivity contribution in [2.75, 3.05) is 19.5 Å². The third kappa shape index (κ3) is 3.33. The average Bonchev–Trinajstić information content (AvgIpc) is 2.48. The zero-order chi connectivity index (χ0) is 14.5. The molecule has 1 heterocycles. The summed E-state index contributed by atoms with van der Waals surface area (Å²) in [5.74, 6) is 1.56. The van der Waals surface area contributed by atoms with Crippen LogP contribution >= 0.6 is 11.6 Å². The van der Waals surface area contributed by atoms with Crippen LogP contribution in [0.3, 0.4) is 0 Å². The molecule has 0 saturated heterocycles. The fourth-order valence-corrected chi connectivity index (χ4v) is 1.95. The number of hydrogen-bond acceptors (Lipinski definition) is 4. The van der Waals surface area contributed by atoms with Crippen molar-refractivity contribution in [2.45, 2.75) is 13.5 Å². The van der Waals surface area contributed by atoms with Gasteiger partial charge in [-0.1, -0.05) is 11.6 Å². The predicted octanol–water partition coefficient (Wildman–Crippen LogP) is 3.67. The fraction of sp³-hybridized carbons (Fsp3) is 0.267. The molecule has 5 heteroatoms. The van der Waals surface area contributed by atoms with Gasteiger partial charge in [0, 0.05) is 18.2 Å². The minimum Gasteiger partial charge on any atom is -0.497 e. The number of methoxy groups -OCH3 is 2. The molecule has 0 spiro atoms. The van der Waals surface area contributed by atoms with E-state index in [-0.39, 0.29) is 0 Å². The molecule has 0 radical (unpaired) electrons. The largest absolute Gasteiger partial charge is 0.497 e. The van der Waals surface area contributed by atoms with Gasteiger partial charge in [-0.15, -0.1) is 0 Å². The van der Waals surface area contributed by atoms with E-state index in [1.807, 2.05) is 31.2 Å².